The van der Waals surface area contributed by atoms with Gasteiger partial charge < -0.3 is 15.4 Å². The summed E-state index contributed by atoms with van der Waals surface area (Å²) in [6.45, 7) is 2.54. The summed E-state index contributed by atoms with van der Waals surface area (Å²) in [7, 11) is 0. The minimum atomic E-state index is -0.0425. The van der Waals surface area contributed by atoms with Gasteiger partial charge in [0, 0.05) is 56.3 Å². The van der Waals surface area contributed by atoms with Crippen LogP contribution in [0.4, 0.5) is 0 Å². The Hall–Kier alpha value is -3.22. The molecule has 0 radical (unpaired) electrons. The normalized spacial score (nSPS) is 16.8. The smallest absolute Gasteiger partial charge is 0.253 e. The molecule has 6 rings (SSSR count). The van der Waals surface area contributed by atoms with Crippen LogP contribution in [-0.2, 0) is 12.0 Å². The number of amides is 1. The van der Waals surface area contributed by atoms with Crippen molar-refractivity contribution in [2.75, 3.05) is 19.7 Å². The number of carbonyl (C=O) groups excluding carboxylic acids is 1. The lowest BCUT2D eigenvalue weighted by molar-refractivity contribution is 0.0647. The Kier molecular flexibility index (Phi) is 4.75. The second-order valence-electron chi connectivity index (χ2n) is 9.03. The van der Waals surface area contributed by atoms with Crippen LogP contribution >= 0.6 is 11.3 Å². The number of likely N-dealkylation sites (tertiary alicyclic amines) is 1. The SMILES string of the molecule is NCc1ccc2c(c1)C1(CCN(C(=O)c3ccc4c(=O)c5ccccc5sc4c3)CC1)CO2. The van der Waals surface area contributed by atoms with E-state index >= 15 is 0 Å². The minimum Gasteiger partial charge on any atom is -0.492 e. The van der Waals surface area contributed by atoms with Crippen LogP contribution in [0.25, 0.3) is 20.2 Å². The van der Waals surface area contributed by atoms with E-state index in [1.165, 1.54) is 5.56 Å². The number of hydrogen-bond donors (Lipinski definition) is 1. The summed E-state index contributed by atoms with van der Waals surface area (Å²) >= 11 is 1.56. The van der Waals surface area contributed by atoms with Crippen molar-refractivity contribution >= 4 is 37.4 Å². The standard InChI is InChI=1S/C27H24N2O3S/c28-15-17-5-8-22-21(13-17)27(16-32-22)9-11-29(12-10-27)26(31)18-6-7-20-24(14-18)33-23-4-2-1-3-19(23)25(20)30/h1-8,13-14H,9-12,15-16,28H2. The first-order valence-corrected chi connectivity index (χ1v) is 12.1. The molecule has 1 fully saturated rings. The fraction of sp³-hybridized carbons (Fsp3) is 0.259. The lowest BCUT2D eigenvalue weighted by Gasteiger charge is -2.38. The molecule has 4 aromatic rings. The third kappa shape index (κ3) is 3.24. The molecule has 0 bridgehead atoms. The van der Waals surface area contributed by atoms with Gasteiger partial charge in [-0.3, -0.25) is 9.59 Å². The summed E-state index contributed by atoms with van der Waals surface area (Å²) in [5, 5.41) is 1.40. The third-order valence-corrected chi connectivity index (χ3v) is 8.32. The molecule has 2 aliphatic rings. The van der Waals surface area contributed by atoms with Gasteiger partial charge in [-0.05, 0) is 54.8 Å². The number of benzene rings is 3. The Balaban J connectivity index is 1.27. The van der Waals surface area contributed by atoms with Crippen molar-refractivity contribution in [3.8, 4) is 5.75 Å². The first-order valence-electron chi connectivity index (χ1n) is 11.3. The molecule has 1 aromatic heterocycles. The lowest BCUT2D eigenvalue weighted by atomic mass is 9.74. The molecule has 0 atom stereocenters. The monoisotopic (exact) mass is 456 g/mol. The van der Waals surface area contributed by atoms with E-state index in [2.05, 4.69) is 6.07 Å². The molecule has 2 aliphatic heterocycles. The van der Waals surface area contributed by atoms with Gasteiger partial charge in [-0.2, -0.15) is 0 Å². The van der Waals surface area contributed by atoms with Crippen LogP contribution in [0.5, 0.6) is 5.75 Å². The molecule has 6 heteroatoms. The van der Waals surface area contributed by atoms with E-state index in [-0.39, 0.29) is 16.8 Å². The predicted octanol–water partition coefficient (Wildman–Crippen LogP) is 4.44. The number of rotatable bonds is 2. The van der Waals surface area contributed by atoms with Gasteiger partial charge in [0.05, 0.1) is 6.61 Å². The minimum absolute atomic E-state index is 0.0226. The van der Waals surface area contributed by atoms with E-state index < -0.39 is 0 Å². The fourth-order valence-corrected chi connectivity index (χ4v) is 6.32. The highest BCUT2D eigenvalue weighted by atomic mass is 32.1. The highest BCUT2D eigenvalue weighted by molar-refractivity contribution is 7.24. The van der Waals surface area contributed by atoms with Crippen LogP contribution in [0.15, 0.2) is 65.5 Å². The zero-order valence-electron chi connectivity index (χ0n) is 18.2. The van der Waals surface area contributed by atoms with Gasteiger partial charge in [-0.15, -0.1) is 11.3 Å². The maximum absolute atomic E-state index is 13.3. The number of piperidine rings is 1. The van der Waals surface area contributed by atoms with Crippen LogP contribution in [0.3, 0.4) is 0 Å². The van der Waals surface area contributed by atoms with Crippen LogP contribution in [0.1, 0.15) is 34.3 Å². The molecular formula is C27H24N2O3S. The van der Waals surface area contributed by atoms with E-state index in [1.54, 1.807) is 23.5 Å². The summed E-state index contributed by atoms with van der Waals surface area (Å²) in [4.78, 5) is 28.1. The third-order valence-electron chi connectivity index (χ3n) is 7.19. The summed E-state index contributed by atoms with van der Waals surface area (Å²) in [6.07, 6.45) is 1.73. The first-order chi connectivity index (χ1) is 16.1. The highest BCUT2D eigenvalue weighted by Gasteiger charge is 2.44. The molecule has 3 aromatic carbocycles. The van der Waals surface area contributed by atoms with Gasteiger partial charge >= 0.3 is 0 Å². The molecule has 1 saturated heterocycles. The molecule has 1 spiro atoms. The molecular weight excluding hydrogens is 432 g/mol. The van der Waals surface area contributed by atoms with Crippen LogP contribution < -0.4 is 15.9 Å². The van der Waals surface area contributed by atoms with Crippen LogP contribution in [0.2, 0.25) is 0 Å². The maximum atomic E-state index is 13.3. The largest absolute Gasteiger partial charge is 0.492 e. The second kappa shape index (κ2) is 7.68. The second-order valence-corrected chi connectivity index (χ2v) is 10.1. The van der Waals surface area contributed by atoms with Crippen molar-refractivity contribution in [1.29, 1.82) is 0 Å². The van der Waals surface area contributed by atoms with Crippen molar-refractivity contribution in [3.05, 3.63) is 87.6 Å². The summed E-state index contributed by atoms with van der Waals surface area (Å²) in [5.41, 5.74) is 8.82. The quantitative estimate of drug-likeness (QED) is 0.453. The summed E-state index contributed by atoms with van der Waals surface area (Å²) in [6, 6.07) is 19.3. The number of ether oxygens (including phenoxy) is 1. The average molecular weight is 457 g/mol. The van der Waals surface area contributed by atoms with Gasteiger partial charge in [0.15, 0.2) is 5.43 Å². The summed E-state index contributed by atoms with van der Waals surface area (Å²) in [5.74, 6) is 0.970. The lowest BCUT2D eigenvalue weighted by Crippen LogP contribution is -2.46. The fourth-order valence-electron chi connectivity index (χ4n) is 5.21. The number of carbonyl (C=O) groups is 1. The van der Waals surface area contributed by atoms with E-state index in [9.17, 15) is 9.59 Å². The molecule has 166 valence electrons. The van der Waals surface area contributed by atoms with E-state index in [4.69, 9.17) is 10.5 Å². The molecule has 3 heterocycles. The molecule has 1 amide bonds. The molecule has 0 aliphatic carbocycles. The van der Waals surface area contributed by atoms with Gasteiger partial charge in [0.2, 0.25) is 0 Å². The van der Waals surface area contributed by atoms with E-state index in [0.29, 0.717) is 37.2 Å². The zero-order valence-corrected chi connectivity index (χ0v) is 19.0. The Morgan fingerprint density at radius 1 is 1.00 bits per heavy atom. The number of nitrogens with two attached hydrogens (primary N) is 1. The Bertz CT molecular complexity index is 1470. The van der Waals surface area contributed by atoms with E-state index in [1.807, 2.05) is 47.4 Å². The van der Waals surface area contributed by atoms with Crippen LogP contribution in [-0.4, -0.2) is 30.5 Å². The zero-order chi connectivity index (χ0) is 22.6. The summed E-state index contributed by atoms with van der Waals surface area (Å²) < 4.78 is 7.79. The van der Waals surface area contributed by atoms with Gasteiger partial charge in [-0.1, -0.05) is 24.3 Å². The van der Waals surface area contributed by atoms with Crippen molar-refractivity contribution in [2.45, 2.75) is 24.8 Å². The van der Waals surface area contributed by atoms with Crippen molar-refractivity contribution in [2.24, 2.45) is 5.73 Å². The van der Waals surface area contributed by atoms with Crippen LogP contribution in [0, 0.1) is 0 Å². The number of fused-ring (bicyclic) bond motifs is 4. The van der Waals surface area contributed by atoms with E-state index in [0.717, 1.165) is 38.9 Å². The molecule has 2 N–H and O–H groups in total. The van der Waals surface area contributed by atoms with Gasteiger partial charge in [0.1, 0.15) is 5.75 Å². The average Bonchev–Trinajstić information content (AvgIpc) is 3.21. The molecule has 0 saturated carbocycles. The topological polar surface area (TPSA) is 72.6 Å². The molecule has 33 heavy (non-hydrogen) atoms. The Morgan fingerprint density at radius 3 is 2.61 bits per heavy atom. The molecule has 0 unspecified atom stereocenters. The first kappa shape index (κ1) is 20.4. The van der Waals surface area contributed by atoms with Gasteiger partial charge in [-0.25, -0.2) is 0 Å². The van der Waals surface area contributed by atoms with Crippen molar-refractivity contribution in [3.63, 3.8) is 0 Å². The Labute approximate surface area is 195 Å². The highest BCUT2D eigenvalue weighted by Crippen LogP contribution is 2.46. The number of nitrogens with zero attached hydrogens (tertiary/aromatic N) is 1. The van der Waals surface area contributed by atoms with Crippen molar-refractivity contribution < 1.29 is 9.53 Å². The Morgan fingerprint density at radius 2 is 1.79 bits per heavy atom. The molecule has 5 nitrogen and oxygen atoms in total. The number of hydrogen-bond acceptors (Lipinski definition) is 5. The maximum Gasteiger partial charge on any atom is 0.253 e. The van der Waals surface area contributed by atoms with Gasteiger partial charge in [0.25, 0.3) is 5.91 Å². The predicted molar refractivity (Wildman–Crippen MR) is 132 cm³/mol. The van der Waals surface area contributed by atoms with Crippen molar-refractivity contribution in [1.82, 2.24) is 4.90 Å².